The predicted molar refractivity (Wildman–Crippen MR) is 128 cm³/mol. The maximum Gasteiger partial charge on any atom is 0.233 e. The van der Waals surface area contributed by atoms with Gasteiger partial charge in [-0.3, -0.25) is 4.79 Å². The zero-order valence-corrected chi connectivity index (χ0v) is 19.8. The summed E-state index contributed by atoms with van der Waals surface area (Å²) in [5, 5.41) is 7.57. The molecule has 0 bridgehead atoms. The summed E-state index contributed by atoms with van der Waals surface area (Å²) in [5.41, 5.74) is 5.43. The minimum Gasteiger partial charge on any atom is -0.494 e. The number of ketones is 1. The van der Waals surface area contributed by atoms with Gasteiger partial charge in [0.2, 0.25) is 5.88 Å². The molecule has 0 fully saturated rings. The van der Waals surface area contributed by atoms with Crippen LogP contribution in [-0.2, 0) is 4.79 Å². The van der Waals surface area contributed by atoms with Gasteiger partial charge >= 0.3 is 0 Å². The fourth-order valence-corrected chi connectivity index (χ4v) is 5.07. The Kier molecular flexibility index (Phi) is 5.77. The highest BCUT2D eigenvalue weighted by molar-refractivity contribution is 6.01. The Morgan fingerprint density at radius 3 is 2.47 bits per heavy atom. The molecular weight excluding hydrogens is 432 g/mol. The zero-order valence-electron chi connectivity index (χ0n) is 19.8. The highest BCUT2D eigenvalue weighted by atomic mass is 16.5. The van der Waals surface area contributed by atoms with Crippen LogP contribution >= 0.6 is 0 Å². The summed E-state index contributed by atoms with van der Waals surface area (Å²) in [7, 11) is 3.23. The second-order valence-corrected chi connectivity index (χ2v) is 8.61. The number of aryl methyl sites for hydroxylation is 1. The molecule has 1 aliphatic carbocycles. The van der Waals surface area contributed by atoms with Crippen LogP contribution in [0.1, 0.15) is 54.0 Å². The summed E-state index contributed by atoms with van der Waals surface area (Å²) < 4.78 is 22.1. The number of methoxy groups -OCH3 is 2. The van der Waals surface area contributed by atoms with Gasteiger partial charge in [0.15, 0.2) is 17.3 Å². The van der Waals surface area contributed by atoms with Crippen molar-refractivity contribution in [3.63, 3.8) is 0 Å². The van der Waals surface area contributed by atoms with Crippen LogP contribution in [0.25, 0.3) is 0 Å². The number of nitrogens with zero attached hydrogens (tertiary/aromatic N) is 1. The largest absolute Gasteiger partial charge is 0.494 e. The Labute approximate surface area is 198 Å². The lowest BCUT2D eigenvalue weighted by Crippen LogP contribution is -2.29. The SMILES string of the molecule is CCOc1ccc([C@@H]2C3=C(C[C@H](c4ccc(OC)c(OC)c4)CC3=O)Nc3onc(C)c32)cc1. The fraction of sp³-hybridized carbons (Fsp3) is 0.333. The van der Waals surface area contributed by atoms with Crippen molar-refractivity contribution in [2.24, 2.45) is 0 Å². The first-order valence-electron chi connectivity index (χ1n) is 11.5. The van der Waals surface area contributed by atoms with Crippen LogP contribution in [0.5, 0.6) is 17.2 Å². The number of rotatable bonds is 6. The summed E-state index contributed by atoms with van der Waals surface area (Å²) >= 11 is 0. The minimum atomic E-state index is -0.230. The number of aromatic nitrogens is 1. The van der Waals surface area contributed by atoms with Crippen LogP contribution in [0.2, 0.25) is 0 Å². The molecule has 7 heteroatoms. The first-order valence-corrected chi connectivity index (χ1v) is 11.5. The second kappa shape index (κ2) is 8.89. The summed E-state index contributed by atoms with van der Waals surface area (Å²) in [6, 6.07) is 13.8. The van der Waals surface area contributed by atoms with Crippen LogP contribution in [-0.4, -0.2) is 31.8 Å². The van der Waals surface area contributed by atoms with E-state index < -0.39 is 0 Å². The van der Waals surface area contributed by atoms with Gasteiger partial charge in [-0.05, 0) is 61.6 Å². The van der Waals surface area contributed by atoms with E-state index in [4.69, 9.17) is 18.7 Å². The third kappa shape index (κ3) is 3.71. The van der Waals surface area contributed by atoms with Gasteiger partial charge in [-0.15, -0.1) is 0 Å². The average molecular weight is 461 g/mol. The Morgan fingerprint density at radius 2 is 1.76 bits per heavy atom. The van der Waals surface area contributed by atoms with Gasteiger partial charge in [-0.2, -0.15) is 0 Å². The summed E-state index contributed by atoms with van der Waals surface area (Å²) in [4.78, 5) is 13.7. The third-order valence-corrected chi connectivity index (χ3v) is 6.66. The van der Waals surface area contributed by atoms with Crippen LogP contribution in [0.3, 0.4) is 0 Å². The van der Waals surface area contributed by atoms with E-state index in [0.717, 1.165) is 39.4 Å². The molecule has 0 unspecified atom stereocenters. The number of ether oxygens (including phenoxy) is 3. The van der Waals surface area contributed by atoms with E-state index in [1.54, 1.807) is 14.2 Å². The lowest BCUT2D eigenvalue weighted by Gasteiger charge is -2.34. The molecular formula is C27H28N2O5. The summed E-state index contributed by atoms with van der Waals surface area (Å²) in [6.45, 7) is 4.48. The maximum absolute atomic E-state index is 13.7. The Bertz CT molecular complexity index is 1260. The van der Waals surface area contributed by atoms with Gasteiger partial charge in [-0.1, -0.05) is 23.4 Å². The summed E-state index contributed by atoms with van der Waals surface area (Å²) in [5.74, 6) is 2.65. The molecule has 0 radical (unpaired) electrons. The Morgan fingerprint density at radius 1 is 1.03 bits per heavy atom. The van der Waals surface area contributed by atoms with Gasteiger partial charge in [0.25, 0.3) is 0 Å². The first-order chi connectivity index (χ1) is 16.5. The van der Waals surface area contributed by atoms with Gasteiger partial charge in [0, 0.05) is 23.6 Å². The van der Waals surface area contributed by atoms with Gasteiger partial charge in [0.1, 0.15) is 5.75 Å². The predicted octanol–water partition coefficient (Wildman–Crippen LogP) is 5.36. The molecule has 0 spiro atoms. The lowest BCUT2D eigenvalue weighted by molar-refractivity contribution is -0.116. The third-order valence-electron chi connectivity index (χ3n) is 6.66. The van der Waals surface area contributed by atoms with Gasteiger partial charge in [0.05, 0.1) is 32.1 Å². The molecule has 1 aliphatic heterocycles. The van der Waals surface area contributed by atoms with Crippen molar-refractivity contribution in [1.82, 2.24) is 5.16 Å². The molecule has 0 saturated carbocycles. The van der Waals surface area contributed by atoms with Gasteiger partial charge in [-0.25, -0.2) is 0 Å². The van der Waals surface area contributed by atoms with E-state index in [1.165, 1.54) is 0 Å². The quantitative estimate of drug-likeness (QED) is 0.530. The molecule has 7 nitrogen and oxygen atoms in total. The van der Waals surface area contributed by atoms with Crippen LogP contribution < -0.4 is 19.5 Å². The van der Waals surface area contributed by atoms with Crippen LogP contribution in [0.4, 0.5) is 5.88 Å². The molecule has 2 atom stereocenters. The standard InChI is InChI=1S/C27H28N2O5/c1-5-33-19-9-6-16(7-10-19)25-24-15(2)29-34-27(24)28-20-12-18(13-21(30)26(20)25)17-8-11-22(31-3)23(14-17)32-4/h6-11,14,18,25,28H,5,12-13H2,1-4H3/t18-,25-/m0/s1. The second-order valence-electron chi connectivity index (χ2n) is 8.61. The Balaban J connectivity index is 1.55. The highest BCUT2D eigenvalue weighted by Gasteiger charge is 2.41. The van der Waals surface area contributed by atoms with E-state index >= 15 is 0 Å². The molecule has 34 heavy (non-hydrogen) atoms. The molecule has 0 amide bonds. The minimum absolute atomic E-state index is 0.0186. The van der Waals surface area contributed by atoms with Crippen molar-refractivity contribution in [3.05, 3.63) is 76.1 Å². The van der Waals surface area contributed by atoms with E-state index in [0.29, 0.717) is 36.8 Å². The number of fused-ring (bicyclic) bond motifs is 1. The van der Waals surface area contributed by atoms with Crippen molar-refractivity contribution < 1.29 is 23.5 Å². The van der Waals surface area contributed by atoms with Crippen LogP contribution in [0.15, 0.2) is 58.3 Å². The van der Waals surface area contributed by atoms with E-state index in [2.05, 4.69) is 10.5 Å². The number of anilines is 1. The summed E-state index contributed by atoms with van der Waals surface area (Å²) in [6.07, 6.45) is 1.10. The van der Waals surface area contributed by atoms with E-state index in [9.17, 15) is 4.79 Å². The first kappa shape index (κ1) is 22.1. The van der Waals surface area contributed by atoms with E-state index in [1.807, 2.05) is 56.3 Å². The maximum atomic E-state index is 13.7. The molecule has 5 rings (SSSR count). The molecule has 2 aliphatic rings. The van der Waals surface area contributed by atoms with Gasteiger partial charge < -0.3 is 24.1 Å². The van der Waals surface area contributed by atoms with Crippen molar-refractivity contribution >= 4 is 11.7 Å². The molecule has 1 aromatic heterocycles. The topological polar surface area (TPSA) is 82.8 Å². The fourth-order valence-electron chi connectivity index (χ4n) is 5.07. The smallest absolute Gasteiger partial charge is 0.233 e. The number of benzene rings is 2. The van der Waals surface area contributed by atoms with E-state index in [-0.39, 0.29) is 17.6 Å². The lowest BCUT2D eigenvalue weighted by atomic mass is 9.72. The van der Waals surface area contributed by atoms with Crippen LogP contribution in [0, 0.1) is 6.92 Å². The molecule has 0 saturated heterocycles. The number of nitrogens with one attached hydrogen (secondary N) is 1. The molecule has 2 aromatic carbocycles. The number of carbonyl (C=O) groups is 1. The molecule has 3 aromatic rings. The van der Waals surface area contributed by atoms with Crippen molar-refractivity contribution in [1.29, 1.82) is 0 Å². The zero-order chi connectivity index (χ0) is 23.8. The normalized spacial score (nSPS) is 19.2. The monoisotopic (exact) mass is 460 g/mol. The van der Waals surface area contributed by atoms with Crippen molar-refractivity contribution in [3.8, 4) is 17.2 Å². The van der Waals surface area contributed by atoms with Crippen molar-refractivity contribution in [2.75, 3.05) is 26.1 Å². The number of carbonyl (C=O) groups excluding carboxylic acids is 1. The number of hydrogen-bond acceptors (Lipinski definition) is 7. The van der Waals surface area contributed by atoms with Crippen molar-refractivity contribution in [2.45, 2.75) is 38.5 Å². The average Bonchev–Trinajstić information content (AvgIpc) is 3.23. The molecule has 1 N–H and O–H groups in total. The molecule has 2 heterocycles. The number of Topliss-reactive ketones (excluding diaryl/α,β-unsaturated/α-hetero) is 1. The number of hydrogen-bond donors (Lipinski definition) is 1. The molecule has 176 valence electrons. The highest BCUT2D eigenvalue weighted by Crippen LogP contribution is 2.49. The number of allylic oxidation sites excluding steroid dienone is 2. The Hall–Kier alpha value is -3.74.